The SMILES string of the molecule is CCN(CC)S(=O)(=O)c1ccc(Oc2ccc(C)cc2)c(NC(=O)C2CC2)c1. The van der Waals surface area contributed by atoms with E-state index in [9.17, 15) is 13.2 Å². The molecule has 0 atom stereocenters. The van der Waals surface area contributed by atoms with Crippen molar-refractivity contribution < 1.29 is 17.9 Å². The van der Waals surface area contributed by atoms with Gasteiger partial charge < -0.3 is 10.1 Å². The largest absolute Gasteiger partial charge is 0.455 e. The summed E-state index contributed by atoms with van der Waals surface area (Å²) in [5, 5.41) is 2.84. The number of carbonyl (C=O) groups excluding carboxylic acids is 1. The number of sulfonamides is 1. The smallest absolute Gasteiger partial charge is 0.243 e. The molecule has 3 rings (SSSR count). The normalized spacial score (nSPS) is 14.1. The zero-order chi connectivity index (χ0) is 20.3. The van der Waals surface area contributed by atoms with E-state index in [1.54, 1.807) is 19.9 Å². The number of nitrogens with zero attached hydrogens (tertiary/aromatic N) is 1. The third kappa shape index (κ3) is 4.54. The molecule has 0 unspecified atom stereocenters. The van der Waals surface area contributed by atoms with Crippen LogP contribution < -0.4 is 10.1 Å². The highest BCUT2D eigenvalue weighted by Crippen LogP contribution is 2.35. The van der Waals surface area contributed by atoms with E-state index in [0.29, 0.717) is 30.3 Å². The van der Waals surface area contributed by atoms with Gasteiger partial charge in [-0.05, 0) is 50.1 Å². The van der Waals surface area contributed by atoms with Crippen molar-refractivity contribution in [3.63, 3.8) is 0 Å². The average molecular weight is 403 g/mol. The maximum Gasteiger partial charge on any atom is 0.243 e. The number of hydrogen-bond donors (Lipinski definition) is 1. The molecule has 1 N–H and O–H groups in total. The van der Waals surface area contributed by atoms with Gasteiger partial charge in [0.15, 0.2) is 5.75 Å². The predicted octanol–water partition coefficient (Wildman–Crippen LogP) is 4.17. The Morgan fingerprint density at radius 1 is 1.11 bits per heavy atom. The molecule has 1 amide bonds. The van der Waals surface area contributed by atoms with E-state index >= 15 is 0 Å². The molecule has 0 aliphatic heterocycles. The van der Waals surface area contributed by atoms with E-state index in [1.807, 2.05) is 31.2 Å². The Labute approximate surface area is 166 Å². The highest BCUT2D eigenvalue weighted by molar-refractivity contribution is 7.89. The minimum atomic E-state index is -3.63. The fraction of sp³-hybridized carbons (Fsp3) is 0.381. The van der Waals surface area contributed by atoms with Gasteiger partial charge in [-0.15, -0.1) is 0 Å². The van der Waals surface area contributed by atoms with Gasteiger partial charge in [0.1, 0.15) is 5.75 Å². The zero-order valence-corrected chi connectivity index (χ0v) is 17.3. The van der Waals surface area contributed by atoms with Crippen molar-refractivity contribution in [1.29, 1.82) is 0 Å². The molecule has 2 aromatic carbocycles. The second-order valence-electron chi connectivity index (χ2n) is 6.93. The Morgan fingerprint density at radius 2 is 1.75 bits per heavy atom. The lowest BCUT2D eigenvalue weighted by molar-refractivity contribution is -0.117. The zero-order valence-electron chi connectivity index (χ0n) is 16.4. The van der Waals surface area contributed by atoms with Gasteiger partial charge in [-0.25, -0.2) is 8.42 Å². The molecule has 0 aromatic heterocycles. The van der Waals surface area contributed by atoms with Crippen LogP contribution in [-0.2, 0) is 14.8 Å². The standard InChI is InChI=1S/C21H26N2O4S/c1-4-23(5-2)28(25,26)18-12-13-20(27-17-10-6-15(3)7-11-17)19(14-18)22-21(24)16-8-9-16/h6-7,10-14,16H,4-5,8-9H2,1-3H3,(H,22,24). The number of carbonyl (C=O) groups is 1. The summed E-state index contributed by atoms with van der Waals surface area (Å²) in [4.78, 5) is 12.4. The van der Waals surface area contributed by atoms with Crippen LogP contribution in [0.2, 0.25) is 0 Å². The van der Waals surface area contributed by atoms with Crippen LogP contribution >= 0.6 is 0 Å². The summed E-state index contributed by atoms with van der Waals surface area (Å²) in [6.07, 6.45) is 1.72. The first-order chi connectivity index (χ1) is 13.3. The van der Waals surface area contributed by atoms with Crippen LogP contribution in [0.15, 0.2) is 47.4 Å². The van der Waals surface area contributed by atoms with Gasteiger partial charge in [0.2, 0.25) is 15.9 Å². The van der Waals surface area contributed by atoms with Gasteiger partial charge in [0.25, 0.3) is 0 Å². The number of hydrogen-bond acceptors (Lipinski definition) is 4. The molecule has 1 saturated carbocycles. The van der Waals surface area contributed by atoms with Crippen molar-refractivity contribution in [2.24, 2.45) is 5.92 Å². The minimum absolute atomic E-state index is 0.00438. The second-order valence-corrected chi connectivity index (χ2v) is 8.86. The first-order valence-electron chi connectivity index (χ1n) is 9.54. The van der Waals surface area contributed by atoms with E-state index in [4.69, 9.17) is 4.74 Å². The van der Waals surface area contributed by atoms with Gasteiger partial charge in [-0.1, -0.05) is 31.5 Å². The molecule has 1 fully saturated rings. The summed E-state index contributed by atoms with van der Waals surface area (Å²) in [7, 11) is -3.63. The molecule has 1 aliphatic rings. The summed E-state index contributed by atoms with van der Waals surface area (Å²) < 4.78 is 33.0. The first kappa shape index (κ1) is 20.4. The number of amides is 1. The molecule has 0 spiro atoms. The number of nitrogens with one attached hydrogen (secondary N) is 1. The third-order valence-corrected chi connectivity index (χ3v) is 6.79. The summed E-state index contributed by atoms with van der Waals surface area (Å²) in [6, 6.07) is 12.1. The molecule has 6 nitrogen and oxygen atoms in total. The van der Waals surface area contributed by atoms with E-state index in [1.165, 1.54) is 16.4 Å². The fourth-order valence-electron chi connectivity index (χ4n) is 2.88. The topological polar surface area (TPSA) is 75.7 Å². The van der Waals surface area contributed by atoms with Crippen LogP contribution in [0.3, 0.4) is 0 Å². The van der Waals surface area contributed by atoms with E-state index in [0.717, 1.165) is 18.4 Å². The molecule has 0 radical (unpaired) electrons. The van der Waals surface area contributed by atoms with Gasteiger partial charge in [0, 0.05) is 19.0 Å². The lowest BCUT2D eigenvalue weighted by Gasteiger charge is -2.20. The lowest BCUT2D eigenvalue weighted by Crippen LogP contribution is -2.30. The van der Waals surface area contributed by atoms with E-state index < -0.39 is 10.0 Å². The number of aryl methyl sites for hydroxylation is 1. The van der Waals surface area contributed by atoms with Crippen molar-refractivity contribution >= 4 is 21.6 Å². The van der Waals surface area contributed by atoms with Gasteiger partial charge in [0.05, 0.1) is 10.6 Å². The Morgan fingerprint density at radius 3 is 2.32 bits per heavy atom. The molecule has 0 saturated heterocycles. The number of ether oxygens (including phenoxy) is 1. The van der Waals surface area contributed by atoms with Crippen molar-refractivity contribution in [3.8, 4) is 11.5 Å². The number of rotatable bonds is 8. The number of benzene rings is 2. The molecule has 2 aromatic rings. The van der Waals surface area contributed by atoms with Gasteiger partial charge in [-0.3, -0.25) is 4.79 Å². The van der Waals surface area contributed by atoms with Crippen molar-refractivity contribution in [2.45, 2.75) is 38.5 Å². The van der Waals surface area contributed by atoms with E-state index in [-0.39, 0.29) is 16.7 Å². The first-order valence-corrected chi connectivity index (χ1v) is 11.0. The molecule has 7 heteroatoms. The second kappa shape index (κ2) is 8.32. The van der Waals surface area contributed by atoms with Crippen molar-refractivity contribution in [3.05, 3.63) is 48.0 Å². The van der Waals surface area contributed by atoms with Crippen LogP contribution in [0, 0.1) is 12.8 Å². The van der Waals surface area contributed by atoms with Crippen molar-refractivity contribution in [2.75, 3.05) is 18.4 Å². The van der Waals surface area contributed by atoms with Crippen LogP contribution in [0.4, 0.5) is 5.69 Å². The van der Waals surface area contributed by atoms with Crippen LogP contribution in [-0.4, -0.2) is 31.7 Å². The molecule has 150 valence electrons. The van der Waals surface area contributed by atoms with E-state index in [2.05, 4.69) is 5.32 Å². The highest BCUT2D eigenvalue weighted by atomic mass is 32.2. The Bertz CT molecular complexity index is 947. The molecule has 0 bridgehead atoms. The lowest BCUT2D eigenvalue weighted by atomic mass is 10.2. The Kier molecular flexibility index (Phi) is 6.05. The fourth-order valence-corrected chi connectivity index (χ4v) is 4.37. The van der Waals surface area contributed by atoms with Crippen LogP contribution in [0.5, 0.6) is 11.5 Å². The van der Waals surface area contributed by atoms with Gasteiger partial charge in [-0.2, -0.15) is 4.31 Å². The molecule has 0 heterocycles. The monoisotopic (exact) mass is 402 g/mol. The maximum atomic E-state index is 12.9. The third-order valence-electron chi connectivity index (χ3n) is 4.75. The summed E-state index contributed by atoms with van der Waals surface area (Å²) in [5.41, 5.74) is 1.47. The molecular weight excluding hydrogens is 376 g/mol. The predicted molar refractivity (Wildman–Crippen MR) is 109 cm³/mol. The summed E-state index contributed by atoms with van der Waals surface area (Å²) in [6.45, 7) is 6.34. The Hall–Kier alpha value is -2.38. The summed E-state index contributed by atoms with van der Waals surface area (Å²) in [5.74, 6) is 0.921. The van der Waals surface area contributed by atoms with Crippen LogP contribution in [0.25, 0.3) is 0 Å². The van der Waals surface area contributed by atoms with Crippen molar-refractivity contribution in [1.82, 2.24) is 4.31 Å². The minimum Gasteiger partial charge on any atom is -0.455 e. The summed E-state index contributed by atoms with van der Waals surface area (Å²) >= 11 is 0. The molecular formula is C21H26N2O4S. The maximum absolute atomic E-state index is 12.9. The highest BCUT2D eigenvalue weighted by Gasteiger charge is 2.31. The van der Waals surface area contributed by atoms with Gasteiger partial charge >= 0.3 is 0 Å². The molecule has 1 aliphatic carbocycles. The average Bonchev–Trinajstić information content (AvgIpc) is 3.51. The molecule has 28 heavy (non-hydrogen) atoms. The number of anilines is 1. The van der Waals surface area contributed by atoms with Crippen LogP contribution in [0.1, 0.15) is 32.3 Å². The Balaban J connectivity index is 1.96. The quantitative estimate of drug-likeness (QED) is 0.719.